The molecule has 0 saturated carbocycles. The zero-order valence-corrected chi connectivity index (χ0v) is 19.3. The first-order valence-electron chi connectivity index (χ1n) is 9.80. The van der Waals surface area contributed by atoms with Gasteiger partial charge in [0, 0.05) is 0 Å². The molecule has 0 aromatic heterocycles. The Hall–Kier alpha value is -2.22. The summed E-state index contributed by atoms with van der Waals surface area (Å²) in [6.45, 7) is 5.26. The predicted molar refractivity (Wildman–Crippen MR) is 114 cm³/mol. The Morgan fingerprint density at radius 2 is 2.03 bits per heavy atom. The number of esters is 1. The Labute approximate surface area is 182 Å². The number of benzene rings is 1. The van der Waals surface area contributed by atoms with Crippen LogP contribution in [0.15, 0.2) is 35.9 Å². The molecule has 1 aliphatic carbocycles. The third-order valence-electron chi connectivity index (χ3n) is 4.76. The molecule has 0 heterocycles. The van der Waals surface area contributed by atoms with Crippen LogP contribution in [0.4, 0.5) is 5.69 Å². The maximum absolute atomic E-state index is 12.2. The summed E-state index contributed by atoms with van der Waals surface area (Å²) < 4.78 is 11.6. The number of nitrogens with zero attached hydrogens (tertiary/aromatic N) is 1. The second-order valence-corrected chi connectivity index (χ2v) is 9.77. The Bertz CT molecular complexity index is 810. The summed E-state index contributed by atoms with van der Waals surface area (Å²) in [6, 6.07) is 6.49. The van der Waals surface area contributed by atoms with Crippen LogP contribution in [-0.2, 0) is 19.1 Å². The second kappa shape index (κ2) is 11.2. The molecular weight excluding hydrogens is 455 g/mol. The standard InChI is InChI=1S/C21H28N2O6Se/c1-13(2)29-18-12-16(21(25)28-4)11-15(20(18)22-14(3)24)9-10-30-19-8-6-5-7-17(19)23(26)27/h5-8,12-13,15,18,20H,9-11H2,1-4H3,(H,22,24)/t15-,18+,20+/m0/s1. The van der Waals surface area contributed by atoms with E-state index in [-0.39, 0.29) is 49.5 Å². The average Bonchev–Trinajstić information content (AvgIpc) is 2.68. The average molecular weight is 483 g/mol. The fraction of sp³-hybridized carbons (Fsp3) is 0.524. The predicted octanol–water partition coefficient (Wildman–Crippen LogP) is 2.15. The number of nitro groups is 1. The number of nitro benzene ring substituents is 1. The molecule has 0 radical (unpaired) electrons. The molecule has 2 rings (SSSR count). The van der Waals surface area contributed by atoms with Gasteiger partial charge in [-0.1, -0.05) is 0 Å². The molecule has 0 bridgehead atoms. The van der Waals surface area contributed by atoms with Gasteiger partial charge >= 0.3 is 183 Å². The van der Waals surface area contributed by atoms with Crippen LogP contribution in [0.1, 0.15) is 33.6 Å². The fourth-order valence-corrected chi connectivity index (χ4v) is 5.85. The van der Waals surface area contributed by atoms with E-state index < -0.39 is 12.1 Å². The normalized spacial score (nSPS) is 21.1. The molecule has 0 spiro atoms. The van der Waals surface area contributed by atoms with Crippen LogP contribution in [0.25, 0.3) is 0 Å². The molecule has 1 aliphatic rings. The van der Waals surface area contributed by atoms with Gasteiger partial charge in [0.05, 0.1) is 0 Å². The van der Waals surface area contributed by atoms with Crippen molar-refractivity contribution in [2.24, 2.45) is 5.92 Å². The van der Waals surface area contributed by atoms with Crippen molar-refractivity contribution in [1.82, 2.24) is 5.32 Å². The van der Waals surface area contributed by atoms with Crippen molar-refractivity contribution in [3.63, 3.8) is 0 Å². The van der Waals surface area contributed by atoms with E-state index in [0.717, 1.165) is 9.78 Å². The van der Waals surface area contributed by atoms with Gasteiger partial charge in [0.1, 0.15) is 0 Å². The quantitative estimate of drug-likeness (QED) is 0.250. The number of rotatable bonds is 9. The minimum atomic E-state index is -0.444. The van der Waals surface area contributed by atoms with E-state index >= 15 is 0 Å². The number of ether oxygens (including phenoxy) is 2. The van der Waals surface area contributed by atoms with Gasteiger partial charge in [0.15, 0.2) is 0 Å². The van der Waals surface area contributed by atoms with Gasteiger partial charge in [-0.3, -0.25) is 0 Å². The van der Waals surface area contributed by atoms with Crippen molar-refractivity contribution in [2.75, 3.05) is 7.11 Å². The molecule has 1 aromatic rings. The molecule has 8 nitrogen and oxygen atoms in total. The van der Waals surface area contributed by atoms with Gasteiger partial charge in [-0.05, 0) is 0 Å². The van der Waals surface area contributed by atoms with Gasteiger partial charge < -0.3 is 0 Å². The van der Waals surface area contributed by atoms with E-state index in [9.17, 15) is 19.7 Å². The van der Waals surface area contributed by atoms with Gasteiger partial charge in [0.25, 0.3) is 0 Å². The van der Waals surface area contributed by atoms with Gasteiger partial charge in [-0.15, -0.1) is 0 Å². The van der Waals surface area contributed by atoms with E-state index in [2.05, 4.69) is 5.32 Å². The summed E-state index contributed by atoms with van der Waals surface area (Å²) in [4.78, 5) is 34.9. The van der Waals surface area contributed by atoms with Gasteiger partial charge in [-0.25, -0.2) is 0 Å². The SMILES string of the molecule is COC(=O)C1=C[C@@H](OC(C)C)[C@H](NC(C)=O)[C@@H](CC[Se]c2ccccc2[N+](=O)[O-])C1. The topological polar surface area (TPSA) is 108 Å². The van der Waals surface area contributed by atoms with E-state index in [1.54, 1.807) is 24.3 Å². The summed E-state index contributed by atoms with van der Waals surface area (Å²) in [5.74, 6) is -0.606. The van der Waals surface area contributed by atoms with Crippen LogP contribution in [0.2, 0.25) is 5.32 Å². The third-order valence-corrected chi connectivity index (χ3v) is 7.06. The van der Waals surface area contributed by atoms with Crippen molar-refractivity contribution >= 4 is 37.0 Å². The molecule has 0 unspecified atom stereocenters. The second-order valence-electron chi connectivity index (χ2n) is 7.39. The summed E-state index contributed by atoms with van der Waals surface area (Å²) in [7, 11) is 1.34. The number of hydrogen-bond acceptors (Lipinski definition) is 6. The summed E-state index contributed by atoms with van der Waals surface area (Å²) in [5, 5.41) is 15.0. The Kier molecular flexibility index (Phi) is 9.02. The van der Waals surface area contributed by atoms with Crippen molar-refractivity contribution < 1.29 is 24.0 Å². The van der Waals surface area contributed by atoms with Crippen LogP contribution < -0.4 is 9.78 Å². The molecule has 1 amide bonds. The number of hydrogen-bond donors (Lipinski definition) is 1. The first-order chi connectivity index (χ1) is 14.2. The summed E-state index contributed by atoms with van der Waals surface area (Å²) >= 11 is -0.106. The molecule has 0 saturated heterocycles. The van der Waals surface area contributed by atoms with Crippen molar-refractivity contribution in [3.05, 3.63) is 46.0 Å². The fourth-order valence-electron chi connectivity index (χ4n) is 3.53. The number of carbonyl (C=O) groups is 2. The molecule has 0 aliphatic heterocycles. The molecule has 3 atom stereocenters. The Morgan fingerprint density at radius 1 is 1.33 bits per heavy atom. The first-order valence-corrected chi connectivity index (χ1v) is 11.9. The van der Waals surface area contributed by atoms with Gasteiger partial charge in [0.2, 0.25) is 0 Å². The number of methoxy groups -OCH3 is 1. The number of carbonyl (C=O) groups excluding carboxylic acids is 2. The molecule has 1 aromatic carbocycles. The van der Waals surface area contributed by atoms with Crippen molar-refractivity contribution in [2.45, 2.75) is 57.2 Å². The molecule has 9 heteroatoms. The Morgan fingerprint density at radius 3 is 2.63 bits per heavy atom. The zero-order chi connectivity index (χ0) is 22.3. The molecule has 1 N–H and O–H groups in total. The van der Waals surface area contributed by atoms with Crippen LogP contribution in [-0.4, -0.2) is 57.1 Å². The van der Waals surface area contributed by atoms with Crippen LogP contribution in [0.3, 0.4) is 0 Å². The van der Waals surface area contributed by atoms with Gasteiger partial charge in [-0.2, -0.15) is 0 Å². The number of nitrogens with one attached hydrogen (secondary N) is 1. The van der Waals surface area contributed by atoms with Crippen LogP contribution in [0.5, 0.6) is 0 Å². The van der Waals surface area contributed by atoms with E-state index in [1.807, 2.05) is 13.8 Å². The van der Waals surface area contributed by atoms with Crippen molar-refractivity contribution in [1.29, 1.82) is 0 Å². The van der Waals surface area contributed by atoms with E-state index in [4.69, 9.17) is 9.47 Å². The number of amides is 1. The summed E-state index contributed by atoms with van der Waals surface area (Å²) in [5.41, 5.74) is 0.670. The first kappa shape index (κ1) is 24.1. The van der Waals surface area contributed by atoms with Crippen LogP contribution in [0, 0.1) is 16.0 Å². The third kappa shape index (κ3) is 6.65. The monoisotopic (exact) mass is 484 g/mol. The summed E-state index contributed by atoms with van der Waals surface area (Å²) in [6.07, 6.45) is 2.37. The molecule has 164 valence electrons. The van der Waals surface area contributed by atoms with E-state index in [0.29, 0.717) is 18.4 Å². The molecular formula is C21H28N2O6Se. The maximum atomic E-state index is 12.2. The van der Waals surface area contributed by atoms with Crippen molar-refractivity contribution in [3.8, 4) is 0 Å². The Balaban J connectivity index is 2.19. The zero-order valence-electron chi connectivity index (χ0n) is 17.6. The van der Waals surface area contributed by atoms with Crippen LogP contribution >= 0.6 is 0 Å². The molecule has 0 fully saturated rings. The molecule has 30 heavy (non-hydrogen) atoms. The minimum absolute atomic E-state index is 0.0404. The number of para-hydroxylation sites is 1. The van der Waals surface area contributed by atoms with E-state index in [1.165, 1.54) is 20.1 Å².